The van der Waals surface area contributed by atoms with Crippen molar-refractivity contribution in [3.8, 4) is 27.9 Å². The molecular formula is C50H43N3. The van der Waals surface area contributed by atoms with Crippen LogP contribution in [0.25, 0.3) is 50.6 Å². The first-order chi connectivity index (χ1) is 26.0. The lowest BCUT2D eigenvalue weighted by Gasteiger charge is -2.21. The monoisotopic (exact) mass is 685 g/mol. The standard InChI is InChI=1S/C50H43N3/c1-34-16-13-25-43(41-22-15-23-42(32-41)53-46-27-12-11-24-44(46)45-26-14-17-35(2)50(45)53)47(34)49(52-33-37-18-7-5-8-19-37)36(3)48(51-4)40-30-28-39(29-31-40)38-20-9-6-10-21-38/h5-16,18-32,35H,4,17,33H2,1-3H3/b48-36-,52-49?. The molecule has 3 nitrogen and oxygen atoms in total. The number of fused-ring (bicyclic) bond motifs is 3. The molecule has 0 radical (unpaired) electrons. The molecular weight excluding hydrogens is 643 g/mol. The minimum atomic E-state index is 0.414. The summed E-state index contributed by atoms with van der Waals surface area (Å²) >= 11 is 0. The third-order valence-corrected chi connectivity index (χ3v) is 10.5. The Morgan fingerprint density at radius 1 is 0.736 bits per heavy atom. The number of para-hydroxylation sites is 1. The van der Waals surface area contributed by atoms with Gasteiger partial charge in [-0.15, -0.1) is 0 Å². The van der Waals surface area contributed by atoms with Crippen LogP contribution in [0.2, 0.25) is 0 Å². The summed E-state index contributed by atoms with van der Waals surface area (Å²) in [6.07, 6.45) is 5.66. The van der Waals surface area contributed by atoms with E-state index in [4.69, 9.17) is 4.99 Å². The highest BCUT2D eigenvalue weighted by Gasteiger charge is 2.24. The van der Waals surface area contributed by atoms with Gasteiger partial charge >= 0.3 is 0 Å². The number of aliphatic imine (C=N–C) groups is 2. The van der Waals surface area contributed by atoms with Gasteiger partial charge in [-0.3, -0.25) is 9.98 Å². The maximum Gasteiger partial charge on any atom is 0.0745 e. The Morgan fingerprint density at radius 3 is 2.19 bits per heavy atom. The van der Waals surface area contributed by atoms with Crippen molar-refractivity contribution >= 4 is 35.1 Å². The number of aryl methyl sites for hydroxylation is 1. The van der Waals surface area contributed by atoms with E-state index in [-0.39, 0.29) is 0 Å². The van der Waals surface area contributed by atoms with E-state index in [1.54, 1.807) is 0 Å². The molecule has 3 heteroatoms. The lowest BCUT2D eigenvalue weighted by molar-refractivity contribution is 0.723. The molecule has 7 aromatic rings. The van der Waals surface area contributed by atoms with E-state index in [0.717, 1.165) is 68.0 Å². The Morgan fingerprint density at radius 2 is 1.42 bits per heavy atom. The Kier molecular flexibility index (Phi) is 9.40. The highest BCUT2D eigenvalue weighted by Crippen LogP contribution is 2.40. The van der Waals surface area contributed by atoms with Crippen molar-refractivity contribution in [2.75, 3.05) is 0 Å². The van der Waals surface area contributed by atoms with Gasteiger partial charge in [-0.25, -0.2) is 0 Å². The SMILES string of the molecule is C=N/C(=C(/C)C(=NCc1ccccc1)c1c(C)cccc1-c1cccc(-n2c3c(c4ccccc42)C=CCC3C)c1)c1ccc(-c2ccccc2)cc1. The van der Waals surface area contributed by atoms with E-state index in [9.17, 15) is 0 Å². The Bertz CT molecular complexity index is 2530. The molecule has 1 aromatic heterocycles. The number of nitrogens with zero attached hydrogens (tertiary/aromatic N) is 3. The molecule has 53 heavy (non-hydrogen) atoms. The number of aromatic nitrogens is 1. The first-order valence-electron chi connectivity index (χ1n) is 18.4. The minimum Gasteiger partial charge on any atom is -0.313 e. The maximum absolute atomic E-state index is 5.41. The largest absolute Gasteiger partial charge is 0.313 e. The fourth-order valence-electron chi connectivity index (χ4n) is 7.89. The van der Waals surface area contributed by atoms with Crippen LogP contribution < -0.4 is 0 Å². The fraction of sp³-hybridized carbons (Fsp3) is 0.120. The van der Waals surface area contributed by atoms with Gasteiger partial charge in [0.2, 0.25) is 0 Å². The lowest BCUT2D eigenvalue weighted by atomic mass is 9.88. The molecule has 1 heterocycles. The van der Waals surface area contributed by atoms with E-state index in [2.05, 4.69) is 189 Å². The highest BCUT2D eigenvalue weighted by molar-refractivity contribution is 6.20. The van der Waals surface area contributed by atoms with Crippen LogP contribution in [0.1, 0.15) is 59.7 Å². The molecule has 0 spiro atoms. The third kappa shape index (κ3) is 6.51. The van der Waals surface area contributed by atoms with Crippen LogP contribution in [0.15, 0.2) is 173 Å². The van der Waals surface area contributed by atoms with Gasteiger partial charge < -0.3 is 4.57 Å². The summed E-state index contributed by atoms with van der Waals surface area (Å²) in [6, 6.07) is 53.9. The topological polar surface area (TPSA) is 29.6 Å². The number of benzene rings is 6. The average molecular weight is 686 g/mol. The van der Waals surface area contributed by atoms with Gasteiger partial charge in [-0.05, 0) is 78.6 Å². The molecule has 0 fully saturated rings. The van der Waals surface area contributed by atoms with Crippen LogP contribution in [0.5, 0.6) is 0 Å². The molecule has 1 aliphatic carbocycles. The zero-order chi connectivity index (χ0) is 36.3. The molecule has 8 rings (SSSR count). The quantitative estimate of drug-likeness (QED) is 0.135. The van der Waals surface area contributed by atoms with E-state index in [1.807, 2.05) is 12.1 Å². The van der Waals surface area contributed by atoms with Gasteiger partial charge in [-0.1, -0.05) is 153 Å². The van der Waals surface area contributed by atoms with Crippen LogP contribution in [-0.2, 0) is 6.54 Å². The van der Waals surface area contributed by atoms with E-state index in [0.29, 0.717) is 12.5 Å². The summed E-state index contributed by atoms with van der Waals surface area (Å²) in [5.74, 6) is 0.414. The molecule has 0 aliphatic heterocycles. The second-order valence-electron chi connectivity index (χ2n) is 14.0. The molecule has 0 saturated heterocycles. The second kappa shape index (κ2) is 14.7. The summed E-state index contributed by atoms with van der Waals surface area (Å²) in [7, 11) is 0. The third-order valence-electron chi connectivity index (χ3n) is 10.5. The van der Waals surface area contributed by atoms with Gasteiger partial charge in [0.05, 0.1) is 23.5 Å². The summed E-state index contributed by atoms with van der Waals surface area (Å²) in [4.78, 5) is 10.1. The van der Waals surface area contributed by atoms with Crippen molar-refractivity contribution in [2.24, 2.45) is 9.98 Å². The smallest absolute Gasteiger partial charge is 0.0745 e. The van der Waals surface area contributed by atoms with Gasteiger partial charge in [0.1, 0.15) is 0 Å². The van der Waals surface area contributed by atoms with Crippen LogP contribution in [0, 0.1) is 6.92 Å². The fourth-order valence-corrected chi connectivity index (χ4v) is 7.89. The van der Waals surface area contributed by atoms with Crippen molar-refractivity contribution in [1.29, 1.82) is 0 Å². The van der Waals surface area contributed by atoms with E-state index >= 15 is 0 Å². The number of hydrogen-bond donors (Lipinski definition) is 0. The Labute approximate surface area is 313 Å². The predicted octanol–water partition coefficient (Wildman–Crippen LogP) is 12.9. The van der Waals surface area contributed by atoms with Crippen molar-refractivity contribution in [3.05, 3.63) is 197 Å². The maximum atomic E-state index is 5.41. The molecule has 1 unspecified atom stereocenters. The molecule has 1 aliphatic rings. The Hall–Kier alpha value is -6.32. The van der Waals surface area contributed by atoms with Crippen LogP contribution in [0.4, 0.5) is 0 Å². The molecule has 6 aromatic carbocycles. The summed E-state index contributed by atoms with van der Waals surface area (Å²) < 4.78 is 2.48. The van der Waals surface area contributed by atoms with Gasteiger partial charge in [0, 0.05) is 44.9 Å². The Balaban J connectivity index is 1.29. The zero-order valence-electron chi connectivity index (χ0n) is 30.6. The minimum absolute atomic E-state index is 0.414. The first-order valence-corrected chi connectivity index (χ1v) is 18.4. The van der Waals surface area contributed by atoms with Crippen molar-refractivity contribution in [2.45, 2.75) is 39.7 Å². The number of rotatable bonds is 9. The predicted molar refractivity (Wildman–Crippen MR) is 226 cm³/mol. The van der Waals surface area contributed by atoms with Crippen LogP contribution in [-0.4, -0.2) is 17.0 Å². The number of allylic oxidation sites excluding steroid dienone is 2. The summed E-state index contributed by atoms with van der Waals surface area (Å²) in [6.45, 7) is 11.3. The van der Waals surface area contributed by atoms with Crippen molar-refractivity contribution in [3.63, 3.8) is 0 Å². The van der Waals surface area contributed by atoms with Crippen molar-refractivity contribution in [1.82, 2.24) is 4.57 Å². The lowest BCUT2D eigenvalue weighted by Crippen LogP contribution is -2.11. The normalized spacial score (nSPS) is 14.5. The summed E-state index contributed by atoms with van der Waals surface area (Å²) in [5, 5.41) is 1.30. The van der Waals surface area contributed by atoms with E-state index in [1.165, 1.54) is 27.7 Å². The summed E-state index contributed by atoms with van der Waals surface area (Å²) in [5.41, 5.74) is 16.9. The molecule has 0 N–H and O–H groups in total. The van der Waals surface area contributed by atoms with Gasteiger partial charge in [0.25, 0.3) is 0 Å². The van der Waals surface area contributed by atoms with Crippen LogP contribution >= 0.6 is 0 Å². The molecule has 1 atom stereocenters. The number of hydrogen-bond acceptors (Lipinski definition) is 2. The zero-order valence-corrected chi connectivity index (χ0v) is 30.6. The molecule has 0 amide bonds. The average Bonchev–Trinajstić information content (AvgIpc) is 3.55. The first kappa shape index (κ1) is 33.8. The van der Waals surface area contributed by atoms with E-state index < -0.39 is 0 Å². The molecule has 0 bridgehead atoms. The second-order valence-corrected chi connectivity index (χ2v) is 14.0. The highest BCUT2D eigenvalue weighted by atomic mass is 15.0. The molecule has 258 valence electrons. The van der Waals surface area contributed by atoms with Crippen LogP contribution in [0.3, 0.4) is 0 Å². The van der Waals surface area contributed by atoms with Gasteiger partial charge in [0.15, 0.2) is 0 Å². The molecule has 0 saturated carbocycles. The van der Waals surface area contributed by atoms with Crippen molar-refractivity contribution < 1.29 is 0 Å². The van der Waals surface area contributed by atoms with Gasteiger partial charge in [-0.2, -0.15) is 0 Å².